The topological polar surface area (TPSA) is 58.6 Å². The van der Waals surface area contributed by atoms with Crippen molar-refractivity contribution in [2.24, 2.45) is 0 Å². The fourth-order valence-electron chi connectivity index (χ4n) is 3.06. The SMILES string of the molecule is COC(=O)c1cc(C)sc1NC(=O)CN1c2ccccc2CC1C. The molecule has 1 aromatic carbocycles. The van der Waals surface area contributed by atoms with E-state index in [9.17, 15) is 9.59 Å². The van der Waals surface area contributed by atoms with Crippen LogP contribution in [-0.4, -0.2) is 31.6 Å². The number of hydrogen-bond donors (Lipinski definition) is 1. The van der Waals surface area contributed by atoms with Gasteiger partial charge in [-0.2, -0.15) is 0 Å². The molecular formula is C18H20N2O3S. The number of rotatable bonds is 4. The van der Waals surface area contributed by atoms with Crippen LogP contribution >= 0.6 is 11.3 Å². The summed E-state index contributed by atoms with van der Waals surface area (Å²) in [4.78, 5) is 27.4. The number of benzene rings is 1. The molecule has 1 amide bonds. The van der Waals surface area contributed by atoms with E-state index in [4.69, 9.17) is 4.74 Å². The van der Waals surface area contributed by atoms with Gasteiger partial charge in [-0.1, -0.05) is 18.2 Å². The van der Waals surface area contributed by atoms with Crippen LogP contribution in [0.25, 0.3) is 0 Å². The lowest BCUT2D eigenvalue weighted by molar-refractivity contribution is -0.115. The van der Waals surface area contributed by atoms with Gasteiger partial charge < -0.3 is 15.0 Å². The number of nitrogens with zero attached hydrogens (tertiary/aromatic N) is 1. The van der Waals surface area contributed by atoms with Gasteiger partial charge in [-0.3, -0.25) is 4.79 Å². The van der Waals surface area contributed by atoms with Crippen LogP contribution in [0.4, 0.5) is 10.7 Å². The Labute approximate surface area is 145 Å². The summed E-state index contributed by atoms with van der Waals surface area (Å²) in [5.41, 5.74) is 2.78. The van der Waals surface area contributed by atoms with Crippen molar-refractivity contribution in [1.82, 2.24) is 0 Å². The Morgan fingerprint density at radius 1 is 1.38 bits per heavy atom. The van der Waals surface area contributed by atoms with Crippen molar-refractivity contribution < 1.29 is 14.3 Å². The molecule has 6 heteroatoms. The Bertz CT molecular complexity index is 784. The van der Waals surface area contributed by atoms with E-state index in [0.717, 1.165) is 17.0 Å². The van der Waals surface area contributed by atoms with Crippen LogP contribution in [0.15, 0.2) is 30.3 Å². The number of amides is 1. The predicted molar refractivity (Wildman–Crippen MR) is 96.0 cm³/mol. The average Bonchev–Trinajstić information content (AvgIpc) is 3.07. The third kappa shape index (κ3) is 3.14. The number of carbonyl (C=O) groups is 2. The molecule has 0 spiro atoms. The van der Waals surface area contributed by atoms with Crippen LogP contribution in [-0.2, 0) is 16.0 Å². The van der Waals surface area contributed by atoms with Gasteiger partial charge in [0, 0.05) is 16.6 Å². The van der Waals surface area contributed by atoms with Crippen LogP contribution in [0.3, 0.4) is 0 Å². The summed E-state index contributed by atoms with van der Waals surface area (Å²) >= 11 is 1.38. The number of methoxy groups -OCH3 is 1. The van der Waals surface area contributed by atoms with Crippen molar-refractivity contribution in [3.05, 3.63) is 46.3 Å². The zero-order valence-electron chi connectivity index (χ0n) is 14.0. The number of aryl methyl sites for hydroxylation is 1. The molecule has 1 aliphatic heterocycles. The molecule has 0 saturated heterocycles. The molecular weight excluding hydrogens is 324 g/mol. The third-order valence-electron chi connectivity index (χ3n) is 4.18. The smallest absolute Gasteiger partial charge is 0.340 e. The van der Waals surface area contributed by atoms with Crippen molar-refractivity contribution in [2.45, 2.75) is 26.3 Å². The van der Waals surface area contributed by atoms with Crippen molar-refractivity contribution in [1.29, 1.82) is 0 Å². The molecule has 1 atom stereocenters. The average molecular weight is 344 g/mol. The summed E-state index contributed by atoms with van der Waals surface area (Å²) in [7, 11) is 1.34. The van der Waals surface area contributed by atoms with E-state index in [0.29, 0.717) is 10.6 Å². The summed E-state index contributed by atoms with van der Waals surface area (Å²) in [5, 5.41) is 3.41. The van der Waals surface area contributed by atoms with Gasteiger partial charge in [-0.15, -0.1) is 11.3 Å². The number of hydrogen-bond acceptors (Lipinski definition) is 5. The molecule has 0 saturated carbocycles. The quantitative estimate of drug-likeness (QED) is 0.865. The zero-order valence-corrected chi connectivity index (χ0v) is 14.8. The van der Waals surface area contributed by atoms with Crippen molar-refractivity contribution in [3.63, 3.8) is 0 Å². The molecule has 1 aromatic heterocycles. The Balaban J connectivity index is 1.74. The van der Waals surface area contributed by atoms with Crippen LogP contribution in [0.2, 0.25) is 0 Å². The maximum Gasteiger partial charge on any atom is 0.340 e. The first-order valence-corrected chi connectivity index (χ1v) is 8.64. The fourth-order valence-corrected chi connectivity index (χ4v) is 3.98. The van der Waals surface area contributed by atoms with Crippen LogP contribution < -0.4 is 10.2 Å². The number of para-hydroxylation sites is 1. The highest BCUT2D eigenvalue weighted by atomic mass is 32.1. The highest BCUT2D eigenvalue weighted by Crippen LogP contribution is 2.32. The lowest BCUT2D eigenvalue weighted by Gasteiger charge is -2.24. The molecule has 5 nitrogen and oxygen atoms in total. The predicted octanol–water partition coefficient (Wildman–Crippen LogP) is 3.23. The van der Waals surface area contributed by atoms with E-state index in [1.165, 1.54) is 24.0 Å². The van der Waals surface area contributed by atoms with E-state index in [1.807, 2.05) is 25.1 Å². The van der Waals surface area contributed by atoms with Crippen molar-refractivity contribution in [3.8, 4) is 0 Å². The Morgan fingerprint density at radius 2 is 2.12 bits per heavy atom. The molecule has 0 aliphatic carbocycles. The minimum Gasteiger partial charge on any atom is -0.465 e. The highest BCUT2D eigenvalue weighted by Gasteiger charge is 2.27. The number of nitrogens with one attached hydrogen (secondary N) is 1. The number of ether oxygens (including phenoxy) is 1. The molecule has 1 N–H and O–H groups in total. The monoisotopic (exact) mass is 344 g/mol. The van der Waals surface area contributed by atoms with Crippen LogP contribution in [0, 0.1) is 6.92 Å². The second-order valence-electron chi connectivity index (χ2n) is 5.95. The second-order valence-corrected chi connectivity index (χ2v) is 7.21. The lowest BCUT2D eigenvalue weighted by atomic mass is 10.1. The molecule has 1 aliphatic rings. The molecule has 1 unspecified atom stereocenters. The largest absolute Gasteiger partial charge is 0.465 e. The number of thiophene rings is 1. The normalized spacial score (nSPS) is 16.0. The van der Waals surface area contributed by atoms with E-state index < -0.39 is 5.97 Å². The summed E-state index contributed by atoms with van der Waals surface area (Å²) in [5.74, 6) is -0.569. The number of esters is 1. The van der Waals surface area contributed by atoms with Crippen LogP contribution in [0.1, 0.15) is 27.7 Å². The van der Waals surface area contributed by atoms with Gasteiger partial charge in [0.05, 0.1) is 19.2 Å². The molecule has 3 rings (SSSR count). The first-order chi connectivity index (χ1) is 11.5. The maximum atomic E-state index is 12.5. The summed E-state index contributed by atoms with van der Waals surface area (Å²) in [6.07, 6.45) is 0.939. The fraction of sp³-hybridized carbons (Fsp3) is 0.333. The molecule has 0 fully saturated rings. The Hall–Kier alpha value is -2.34. The second kappa shape index (κ2) is 6.65. The lowest BCUT2D eigenvalue weighted by Crippen LogP contribution is -2.37. The molecule has 2 aromatic rings. The zero-order chi connectivity index (χ0) is 17.3. The standard InChI is InChI=1S/C18H20N2O3S/c1-11-8-13-6-4-5-7-15(13)20(11)10-16(21)19-17-14(18(22)23-3)9-12(2)24-17/h4-7,9,11H,8,10H2,1-3H3,(H,19,21). The van der Waals surface area contributed by atoms with Crippen LogP contribution in [0.5, 0.6) is 0 Å². The molecule has 0 bridgehead atoms. The van der Waals surface area contributed by atoms with Gasteiger partial charge >= 0.3 is 5.97 Å². The van der Waals surface area contributed by atoms with Gasteiger partial charge in [0.1, 0.15) is 5.00 Å². The number of carbonyl (C=O) groups excluding carboxylic acids is 2. The summed E-state index contributed by atoms with van der Waals surface area (Å²) in [6.45, 7) is 4.27. The summed E-state index contributed by atoms with van der Waals surface area (Å²) < 4.78 is 4.77. The van der Waals surface area contributed by atoms with E-state index >= 15 is 0 Å². The Morgan fingerprint density at radius 3 is 2.88 bits per heavy atom. The van der Waals surface area contributed by atoms with E-state index in [-0.39, 0.29) is 18.5 Å². The molecule has 2 heterocycles. The molecule has 0 radical (unpaired) electrons. The van der Waals surface area contributed by atoms with Gasteiger partial charge in [0.25, 0.3) is 0 Å². The number of anilines is 2. The summed E-state index contributed by atoms with van der Waals surface area (Å²) in [6, 6.07) is 10.2. The highest BCUT2D eigenvalue weighted by molar-refractivity contribution is 7.16. The third-order valence-corrected chi connectivity index (χ3v) is 5.14. The van der Waals surface area contributed by atoms with Gasteiger partial charge in [-0.25, -0.2) is 4.79 Å². The first kappa shape index (κ1) is 16.5. The van der Waals surface area contributed by atoms with Gasteiger partial charge in [-0.05, 0) is 38.0 Å². The van der Waals surface area contributed by atoms with E-state index in [2.05, 4.69) is 23.2 Å². The molecule has 126 valence electrons. The number of fused-ring (bicyclic) bond motifs is 1. The van der Waals surface area contributed by atoms with E-state index in [1.54, 1.807) is 6.07 Å². The Kier molecular flexibility index (Phi) is 4.57. The maximum absolute atomic E-state index is 12.5. The first-order valence-electron chi connectivity index (χ1n) is 7.82. The minimum absolute atomic E-state index is 0.134. The molecule has 24 heavy (non-hydrogen) atoms. The van der Waals surface area contributed by atoms with Gasteiger partial charge in [0.2, 0.25) is 5.91 Å². The van der Waals surface area contributed by atoms with Gasteiger partial charge in [0.15, 0.2) is 0 Å². The van der Waals surface area contributed by atoms with Crippen molar-refractivity contribution >= 4 is 33.9 Å². The minimum atomic E-state index is -0.436. The van der Waals surface area contributed by atoms with Crippen molar-refractivity contribution in [2.75, 3.05) is 23.9 Å².